The van der Waals surface area contributed by atoms with Crippen LogP contribution in [0.15, 0.2) is 30.7 Å². The van der Waals surface area contributed by atoms with E-state index in [4.69, 9.17) is 23.2 Å². The largest absolute Gasteiger partial charge is 0.417 e. The van der Waals surface area contributed by atoms with E-state index in [9.17, 15) is 22.8 Å². The number of benzene rings is 1. The topological polar surface area (TPSA) is 84.8 Å². The van der Waals surface area contributed by atoms with Crippen LogP contribution in [0.2, 0.25) is 10.0 Å². The fourth-order valence-electron chi connectivity index (χ4n) is 2.75. The van der Waals surface area contributed by atoms with Crippen molar-refractivity contribution in [1.29, 1.82) is 0 Å². The van der Waals surface area contributed by atoms with Crippen LogP contribution in [0.3, 0.4) is 0 Å². The Bertz CT molecular complexity index is 1180. The van der Waals surface area contributed by atoms with Gasteiger partial charge in [0.1, 0.15) is 16.9 Å². The van der Waals surface area contributed by atoms with Gasteiger partial charge in [0, 0.05) is 18.0 Å². The van der Waals surface area contributed by atoms with Crippen LogP contribution in [-0.2, 0) is 6.18 Å². The lowest BCUT2D eigenvalue weighted by atomic mass is 10.0. The first-order chi connectivity index (χ1) is 15.0. The Morgan fingerprint density at radius 3 is 2.59 bits per heavy atom. The lowest BCUT2D eigenvalue weighted by molar-refractivity contribution is -0.137. The highest BCUT2D eigenvalue weighted by atomic mass is 35.5. The smallest absolute Gasteiger partial charge is 0.321 e. The molecule has 1 amide bonds. The highest BCUT2D eigenvalue weighted by Crippen LogP contribution is 2.36. The van der Waals surface area contributed by atoms with E-state index in [0.717, 1.165) is 23.5 Å². The van der Waals surface area contributed by atoms with Crippen LogP contribution in [0.5, 0.6) is 0 Å². The Morgan fingerprint density at radius 2 is 1.91 bits per heavy atom. The van der Waals surface area contributed by atoms with E-state index in [-0.39, 0.29) is 39.4 Å². The van der Waals surface area contributed by atoms with Crippen molar-refractivity contribution in [3.63, 3.8) is 0 Å². The van der Waals surface area contributed by atoms with Crippen molar-refractivity contribution in [2.24, 2.45) is 0 Å². The Kier molecular flexibility index (Phi) is 7.16. The summed E-state index contributed by atoms with van der Waals surface area (Å²) in [6, 6.07) is 3.09. The molecule has 0 radical (unpaired) electrons. The van der Waals surface area contributed by atoms with Gasteiger partial charge in [0.15, 0.2) is 5.78 Å². The van der Waals surface area contributed by atoms with Gasteiger partial charge in [0.25, 0.3) is 5.91 Å². The quantitative estimate of drug-likeness (QED) is 0.405. The van der Waals surface area contributed by atoms with Crippen LogP contribution in [0, 0.1) is 6.92 Å². The first kappa shape index (κ1) is 24.1. The van der Waals surface area contributed by atoms with Gasteiger partial charge < -0.3 is 5.32 Å². The summed E-state index contributed by atoms with van der Waals surface area (Å²) in [7, 11) is 0. The first-order valence-corrected chi connectivity index (χ1v) is 10.7. The summed E-state index contributed by atoms with van der Waals surface area (Å²) in [6.07, 6.45) is -2.04. The van der Waals surface area contributed by atoms with Crippen molar-refractivity contribution in [2.45, 2.75) is 32.4 Å². The normalized spacial score (nSPS) is 12.5. The number of anilines is 1. The second kappa shape index (κ2) is 9.51. The van der Waals surface area contributed by atoms with Gasteiger partial charge in [-0.05, 0) is 25.1 Å². The van der Waals surface area contributed by atoms with Crippen molar-refractivity contribution < 1.29 is 22.8 Å². The van der Waals surface area contributed by atoms with E-state index in [2.05, 4.69) is 20.3 Å². The fraction of sp³-hybridized carbons (Fsp3) is 0.250. The van der Waals surface area contributed by atoms with Crippen molar-refractivity contribution in [3.8, 4) is 0 Å². The summed E-state index contributed by atoms with van der Waals surface area (Å²) in [5, 5.41) is 2.63. The zero-order valence-electron chi connectivity index (χ0n) is 16.6. The van der Waals surface area contributed by atoms with E-state index in [0.29, 0.717) is 10.7 Å². The van der Waals surface area contributed by atoms with Crippen LogP contribution >= 0.6 is 34.5 Å². The van der Waals surface area contributed by atoms with E-state index in [1.165, 1.54) is 18.6 Å². The molecule has 0 bridgehead atoms. The number of aryl methyl sites for hydroxylation is 1. The number of aromatic nitrogens is 3. The third-order valence-electron chi connectivity index (χ3n) is 4.42. The summed E-state index contributed by atoms with van der Waals surface area (Å²) in [5.41, 5.74) is -0.503. The van der Waals surface area contributed by atoms with Crippen LogP contribution in [0.4, 0.5) is 18.9 Å². The minimum Gasteiger partial charge on any atom is -0.321 e. The number of carbonyl (C=O) groups excluding carboxylic acids is 2. The second-order valence-electron chi connectivity index (χ2n) is 6.86. The summed E-state index contributed by atoms with van der Waals surface area (Å²) < 4.78 is 39.0. The number of nitrogens with zero attached hydrogens (tertiary/aromatic N) is 3. The molecule has 0 aliphatic heterocycles. The molecule has 3 aromatic rings. The molecule has 0 spiro atoms. The number of hydrogen-bond acceptors (Lipinski definition) is 6. The van der Waals surface area contributed by atoms with E-state index in [1.807, 2.05) is 0 Å². The molecule has 0 aliphatic carbocycles. The molecule has 3 rings (SSSR count). The van der Waals surface area contributed by atoms with Crippen molar-refractivity contribution in [1.82, 2.24) is 15.0 Å². The summed E-state index contributed by atoms with van der Waals surface area (Å²) >= 11 is 12.7. The minimum atomic E-state index is -4.65. The van der Waals surface area contributed by atoms with Gasteiger partial charge in [-0.2, -0.15) is 13.2 Å². The number of nitrogens with one attached hydrogen (secondary N) is 1. The van der Waals surface area contributed by atoms with Gasteiger partial charge in [0.05, 0.1) is 32.5 Å². The molecule has 1 aromatic carbocycles. The summed E-state index contributed by atoms with van der Waals surface area (Å²) in [6.45, 7) is 3.42. The third kappa shape index (κ3) is 5.43. The van der Waals surface area contributed by atoms with E-state index in [1.54, 1.807) is 13.8 Å². The van der Waals surface area contributed by atoms with Crippen molar-refractivity contribution in [2.75, 3.05) is 5.32 Å². The number of hydrogen-bond donors (Lipinski definition) is 1. The number of amides is 1. The van der Waals surface area contributed by atoms with E-state index < -0.39 is 22.7 Å². The maximum Gasteiger partial charge on any atom is 0.417 e. The van der Waals surface area contributed by atoms with Crippen molar-refractivity contribution >= 4 is 51.9 Å². The Labute approximate surface area is 194 Å². The predicted molar refractivity (Wildman–Crippen MR) is 116 cm³/mol. The summed E-state index contributed by atoms with van der Waals surface area (Å²) in [4.78, 5) is 37.2. The molecule has 168 valence electrons. The Morgan fingerprint density at radius 1 is 1.19 bits per heavy atom. The highest BCUT2D eigenvalue weighted by Gasteiger charge is 2.33. The molecule has 0 saturated carbocycles. The number of rotatable bonds is 6. The lowest BCUT2D eigenvalue weighted by Crippen LogP contribution is -2.12. The van der Waals surface area contributed by atoms with Crippen LogP contribution in [0.1, 0.15) is 55.7 Å². The molecule has 12 heteroatoms. The van der Waals surface area contributed by atoms with Crippen LogP contribution in [0.25, 0.3) is 0 Å². The Hall–Kier alpha value is -2.56. The number of alkyl halides is 3. The van der Waals surface area contributed by atoms with Gasteiger partial charge >= 0.3 is 6.18 Å². The molecule has 6 nitrogen and oxygen atoms in total. The number of thiazole rings is 1. The molecule has 0 saturated heterocycles. The Balaban J connectivity index is 1.70. The van der Waals surface area contributed by atoms with Gasteiger partial charge in [-0.15, -0.1) is 11.3 Å². The van der Waals surface area contributed by atoms with Gasteiger partial charge in [-0.1, -0.05) is 30.1 Å². The first-order valence-electron chi connectivity index (χ1n) is 9.11. The second-order valence-corrected chi connectivity index (χ2v) is 8.71. The molecule has 2 aromatic heterocycles. The molecule has 0 fully saturated rings. The third-order valence-corrected chi connectivity index (χ3v) is 6.43. The number of Topliss-reactive ketones (excluding diaryl/α,β-unsaturated/α-hetero) is 1. The standard InChI is InChI=1S/C20H15Cl2F3N4O2S/c1-9(5-14(30)17-16(22)10(2)27-8-28-17)19-26-7-15(32-19)18(31)29-11-3-4-13(21)12(6-11)20(23,24)25/h3-4,6-9H,5H2,1-2H3,(H,29,31)/t9-/m1/s1. The number of halogens is 5. The zero-order chi connectivity index (χ0) is 23.6. The number of ketones is 1. The van der Waals surface area contributed by atoms with E-state index >= 15 is 0 Å². The SMILES string of the molecule is Cc1ncnc(C(=O)C[C@@H](C)c2ncc(C(=O)Nc3ccc(Cl)c(C(F)(F)F)c3)s2)c1Cl. The average Bonchev–Trinajstić information content (AvgIpc) is 3.21. The molecule has 0 aliphatic rings. The maximum absolute atomic E-state index is 13.0. The van der Waals surface area contributed by atoms with Crippen molar-refractivity contribution in [3.05, 3.63) is 67.6 Å². The lowest BCUT2D eigenvalue weighted by Gasteiger charge is -2.11. The molecule has 2 heterocycles. The van der Waals surface area contributed by atoms with Gasteiger partial charge in [-0.3, -0.25) is 9.59 Å². The zero-order valence-corrected chi connectivity index (χ0v) is 19.0. The predicted octanol–water partition coefficient (Wildman–Crippen LogP) is 6.20. The van der Waals surface area contributed by atoms with Crippen LogP contribution in [-0.4, -0.2) is 26.6 Å². The van der Waals surface area contributed by atoms with Crippen LogP contribution < -0.4 is 5.32 Å². The average molecular weight is 503 g/mol. The molecular formula is C20H15Cl2F3N4O2S. The molecular weight excluding hydrogens is 488 g/mol. The molecule has 1 N–H and O–H groups in total. The van der Waals surface area contributed by atoms with Gasteiger partial charge in [-0.25, -0.2) is 15.0 Å². The number of carbonyl (C=O) groups is 2. The minimum absolute atomic E-state index is 0.0525. The fourth-order valence-corrected chi connectivity index (χ4v) is 4.04. The maximum atomic E-state index is 13.0. The molecule has 1 atom stereocenters. The monoisotopic (exact) mass is 502 g/mol. The molecule has 0 unspecified atom stereocenters. The highest BCUT2D eigenvalue weighted by molar-refractivity contribution is 7.13. The molecule has 32 heavy (non-hydrogen) atoms. The summed E-state index contributed by atoms with van der Waals surface area (Å²) in [5.74, 6) is -1.26. The van der Waals surface area contributed by atoms with Gasteiger partial charge in [0.2, 0.25) is 0 Å².